The zero-order chi connectivity index (χ0) is 20.6. The highest BCUT2D eigenvalue weighted by atomic mass is 16.5. The number of hydrogen-bond donors (Lipinski definition) is 1. The second kappa shape index (κ2) is 10.3. The minimum Gasteiger partial charge on any atom is -0.379 e. The molecule has 1 N–H and O–H groups in total. The molecule has 2 aromatic rings. The lowest BCUT2D eigenvalue weighted by molar-refractivity contribution is -0.126. The zero-order valence-electron chi connectivity index (χ0n) is 17.3. The predicted molar refractivity (Wildman–Crippen MR) is 113 cm³/mol. The van der Waals surface area contributed by atoms with Crippen molar-refractivity contribution in [3.05, 3.63) is 54.4 Å². The highest BCUT2D eigenvalue weighted by Gasteiger charge is 2.27. The molecule has 0 saturated carbocycles. The number of piperidine rings is 1. The van der Waals surface area contributed by atoms with E-state index >= 15 is 0 Å². The summed E-state index contributed by atoms with van der Waals surface area (Å²) in [5.41, 5.74) is 1.65. The summed E-state index contributed by atoms with van der Waals surface area (Å²) in [6.07, 6.45) is 6.37. The van der Waals surface area contributed by atoms with Gasteiger partial charge in [-0.05, 0) is 63.4 Å². The van der Waals surface area contributed by atoms with Crippen LogP contribution in [0.2, 0.25) is 0 Å². The molecule has 1 aromatic heterocycles. The Morgan fingerprint density at radius 1 is 1.14 bits per heavy atom. The first-order valence-electron chi connectivity index (χ1n) is 10.5. The number of nitrogens with one attached hydrogen (secondary N) is 1. The van der Waals surface area contributed by atoms with E-state index in [9.17, 15) is 9.59 Å². The lowest BCUT2D eigenvalue weighted by Gasteiger charge is -2.31. The highest BCUT2D eigenvalue weighted by molar-refractivity contribution is 5.95. The summed E-state index contributed by atoms with van der Waals surface area (Å²) in [6, 6.07) is 11.6. The zero-order valence-corrected chi connectivity index (χ0v) is 17.3. The first-order chi connectivity index (χ1) is 14.0. The van der Waals surface area contributed by atoms with Gasteiger partial charge in [0.1, 0.15) is 0 Å². The maximum atomic E-state index is 12.9. The van der Waals surface area contributed by atoms with Crippen molar-refractivity contribution in [1.82, 2.24) is 14.8 Å². The van der Waals surface area contributed by atoms with Crippen LogP contribution in [0.5, 0.6) is 0 Å². The molecule has 6 heteroatoms. The van der Waals surface area contributed by atoms with E-state index in [1.54, 1.807) is 0 Å². The molecular weight excluding hydrogens is 366 g/mol. The van der Waals surface area contributed by atoms with Crippen LogP contribution in [0.4, 0.5) is 0 Å². The van der Waals surface area contributed by atoms with Gasteiger partial charge >= 0.3 is 0 Å². The third kappa shape index (κ3) is 5.94. The second-order valence-corrected chi connectivity index (χ2v) is 7.77. The number of hydrogen-bond acceptors (Lipinski definition) is 3. The van der Waals surface area contributed by atoms with E-state index < -0.39 is 0 Å². The number of benzene rings is 1. The van der Waals surface area contributed by atoms with Crippen LogP contribution in [0.1, 0.15) is 43.5 Å². The van der Waals surface area contributed by atoms with Crippen molar-refractivity contribution in [2.45, 2.75) is 39.2 Å². The van der Waals surface area contributed by atoms with Crippen molar-refractivity contribution in [2.24, 2.45) is 5.92 Å². The maximum Gasteiger partial charge on any atom is 0.253 e. The molecule has 0 atom stereocenters. The van der Waals surface area contributed by atoms with E-state index in [0.29, 0.717) is 44.6 Å². The normalized spacial score (nSPS) is 14.9. The molecule has 2 amide bonds. The molecule has 1 aromatic carbocycles. The van der Waals surface area contributed by atoms with Gasteiger partial charge in [-0.2, -0.15) is 0 Å². The van der Waals surface area contributed by atoms with E-state index in [0.717, 1.165) is 12.1 Å². The van der Waals surface area contributed by atoms with Crippen LogP contribution in [0, 0.1) is 5.92 Å². The fraction of sp³-hybridized carbons (Fsp3) is 0.478. The van der Waals surface area contributed by atoms with Gasteiger partial charge in [0.2, 0.25) is 5.91 Å². The van der Waals surface area contributed by atoms with Crippen LogP contribution < -0.4 is 5.32 Å². The Morgan fingerprint density at radius 2 is 1.86 bits per heavy atom. The van der Waals surface area contributed by atoms with Gasteiger partial charge in [0.05, 0.1) is 6.10 Å². The van der Waals surface area contributed by atoms with E-state index in [4.69, 9.17) is 4.74 Å². The third-order valence-electron chi connectivity index (χ3n) is 5.22. The summed E-state index contributed by atoms with van der Waals surface area (Å²) >= 11 is 0. The Kier molecular flexibility index (Phi) is 7.47. The average molecular weight is 398 g/mol. The molecular formula is C23H31N3O3. The fourth-order valence-electron chi connectivity index (χ4n) is 3.58. The predicted octanol–water partition coefficient (Wildman–Crippen LogP) is 3.26. The number of aromatic nitrogens is 1. The molecule has 3 rings (SSSR count). The Labute approximate surface area is 172 Å². The molecule has 0 unspecified atom stereocenters. The molecule has 1 fully saturated rings. The molecule has 0 radical (unpaired) electrons. The lowest BCUT2D eigenvalue weighted by atomic mass is 9.95. The molecule has 1 aliphatic rings. The van der Waals surface area contributed by atoms with Gasteiger partial charge in [0.25, 0.3) is 5.91 Å². The number of ether oxygens (including phenoxy) is 1. The molecule has 156 valence electrons. The summed E-state index contributed by atoms with van der Waals surface area (Å²) in [6.45, 7) is 6.53. The molecule has 1 aliphatic heterocycles. The minimum atomic E-state index is -0.0173. The first kappa shape index (κ1) is 21.1. The summed E-state index contributed by atoms with van der Waals surface area (Å²) in [7, 11) is 0. The van der Waals surface area contributed by atoms with Crippen molar-refractivity contribution < 1.29 is 14.3 Å². The van der Waals surface area contributed by atoms with E-state index in [1.165, 1.54) is 0 Å². The van der Waals surface area contributed by atoms with E-state index in [2.05, 4.69) is 5.32 Å². The maximum absolute atomic E-state index is 12.9. The van der Waals surface area contributed by atoms with E-state index in [-0.39, 0.29) is 23.8 Å². The Balaban J connectivity index is 1.46. The van der Waals surface area contributed by atoms with Gasteiger partial charge in [0, 0.05) is 55.8 Å². The van der Waals surface area contributed by atoms with Gasteiger partial charge in [-0.25, -0.2) is 0 Å². The lowest BCUT2D eigenvalue weighted by Crippen LogP contribution is -2.43. The fourth-order valence-corrected chi connectivity index (χ4v) is 3.58. The van der Waals surface area contributed by atoms with Crippen molar-refractivity contribution in [2.75, 3.05) is 26.2 Å². The standard InChI is InChI=1S/C23H31N3O3/c1-18(2)29-16-6-11-24-22(27)19-9-14-26(15-10-19)23(28)20-7-5-8-21(17-20)25-12-3-4-13-25/h3-5,7-8,12-13,17-19H,6,9-11,14-16H2,1-2H3,(H,24,27). The van der Waals surface area contributed by atoms with E-state index in [1.807, 2.05) is 72.1 Å². The summed E-state index contributed by atoms with van der Waals surface area (Å²) in [5.74, 6) is 0.108. The summed E-state index contributed by atoms with van der Waals surface area (Å²) < 4.78 is 7.47. The average Bonchev–Trinajstić information content (AvgIpc) is 3.28. The summed E-state index contributed by atoms with van der Waals surface area (Å²) in [5, 5.41) is 3.00. The quantitative estimate of drug-likeness (QED) is 0.696. The second-order valence-electron chi connectivity index (χ2n) is 7.77. The molecule has 0 aliphatic carbocycles. The largest absolute Gasteiger partial charge is 0.379 e. The number of amides is 2. The van der Waals surface area contributed by atoms with Crippen molar-refractivity contribution in [1.29, 1.82) is 0 Å². The number of nitrogens with zero attached hydrogens (tertiary/aromatic N) is 2. The number of rotatable bonds is 8. The molecule has 2 heterocycles. The highest BCUT2D eigenvalue weighted by Crippen LogP contribution is 2.20. The summed E-state index contributed by atoms with van der Waals surface area (Å²) in [4.78, 5) is 27.1. The molecule has 29 heavy (non-hydrogen) atoms. The molecule has 0 spiro atoms. The Morgan fingerprint density at radius 3 is 2.55 bits per heavy atom. The van der Waals surface area contributed by atoms with Crippen LogP contribution in [-0.4, -0.2) is 53.6 Å². The van der Waals surface area contributed by atoms with Crippen molar-refractivity contribution in [3.8, 4) is 5.69 Å². The Hall–Kier alpha value is -2.60. The third-order valence-corrected chi connectivity index (χ3v) is 5.22. The van der Waals surface area contributed by atoms with Gasteiger partial charge in [0.15, 0.2) is 0 Å². The smallest absolute Gasteiger partial charge is 0.253 e. The van der Waals surface area contributed by atoms with Crippen molar-refractivity contribution in [3.63, 3.8) is 0 Å². The van der Waals surface area contributed by atoms with Crippen molar-refractivity contribution >= 4 is 11.8 Å². The minimum absolute atomic E-state index is 0.0173. The van der Waals surface area contributed by atoms with Gasteiger partial charge < -0.3 is 19.5 Å². The van der Waals surface area contributed by atoms with Gasteiger partial charge in [-0.15, -0.1) is 0 Å². The van der Waals surface area contributed by atoms with Crippen LogP contribution in [-0.2, 0) is 9.53 Å². The molecule has 0 bridgehead atoms. The number of carbonyl (C=O) groups is 2. The number of likely N-dealkylation sites (tertiary alicyclic amines) is 1. The Bertz CT molecular complexity index is 793. The van der Waals surface area contributed by atoms with Gasteiger partial charge in [-0.1, -0.05) is 6.07 Å². The number of carbonyl (C=O) groups excluding carboxylic acids is 2. The van der Waals surface area contributed by atoms with Crippen LogP contribution in [0.15, 0.2) is 48.8 Å². The first-order valence-corrected chi connectivity index (χ1v) is 10.5. The SMILES string of the molecule is CC(C)OCCCNC(=O)C1CCN(C(=O)c2cccc(-n3cccc3)c2)CC1. The van der Waals surface area contributed by atoms with Crippen LogP contribution >= 0.6 is 0 Å². The van der Waals surface area contributed by atoms with Crippen LogP contribution in [0.25, 0.3) is 5.69 Å². The topological polar surface area (TPSA) is 63.6 Å². The molecule has 6 nitrogen and oxygen atoms in total. The molecule has 1 saturated heterocycles. The van der Waals surface area contributed by atoms with Gasteiger partial charge in [-0.3, -0.25) is 9.59 Å². The van der Waals surface area contributed by atoms with Crippen LogP contribution in [0.3, 0.4) is 0 Å². The monoisotopic (exact) mass is 397 g/mol.